The van der Waals surface area contributed by atoms with Crippen molar-refractivity contribution in [3.8, 4) is 5.75 Å². The summed E-state index contributed by atoms with van der Waals surface area (Å²) in [5.41, 5.74) is 0.930. The summed E-state index contributed by atoms with van der Waals surface area (Å²) in [4.78, 5) is 4.38. The lowest BCUT2D eigenvalue weighted by molar-refractivity contribution is 0.185. The Morgan fingerprint density at radius 2 is 2.25 bits per heavy atom. The minimum absolute atomic E-state index is 0.656. The number of hydrogen-bond acceptors (Lipinski definition) is 4. The molecule has 1 atom stereocenters. The van der Waals surface area contributed by atoms with Crippen molar-refractivity contribution in [1.82, 2.24) is 10.3 Å². The van der Waals surface area contributed by atoms with Crippen LogP contribution in [0, 0.1) is 5.92 Å². The summed E-state index contributed by atoms with van der Waals surface area (Å²) in [5.74, 6) is 1.52. The third kappa shape index (κ3) is 3.26. The average molecular weight is 272 g/mol. The van der Waals surface area contributed by atoms with Gasteiger partial charge in [0.25, 0.3) is 0 Å². The summed E-state index contributed by atoms with van der Waals surface area (Å²) in [6.45, 7) is 4.31. The largest absolute Gasteiger partial charge is 0.490 e. The van der Waals surface area contributed by atoms with E-state index in [0.29, 0.717) is 12.5 Å². The molecule has 1 N–H and O–H groups in total. The van der Waals surface area contributed by atoms with Crippen molar-refractivity contribution < 1.29 is 9.47 Å². The number of nitrogens with one attached hydrogen (secondary N) is 1. The molecule has 2 aromatic rings. The van der Waals surface area contributed by atoms with E-state index in [2.05, 4.69) is 10.3 Å². The van der Waals surface area contributed by atoms with Gasteiger partial charge in [-0.2, -0.15) is 0 Å². The number of aromatic nitrogens is 1. The molecular formula is C16H20N2O2. The van der Waals surface area contributed by atoms with Crippen molar-refractivity contribution in [2.24, 2.45) is 5.92 Å². The zero-order chi connectivity index (χ0) is 13.6. The van der Waals surface area contributed by atoms with E-state index in [9.17, 15) is 0 Å². The second-order valence-corrected chi connectivity index (χ2v) is 5.11. The van der Waals surface area contributed by atoms with Gasteiger partial charge in [-0.15, -0.1) is 0 Å². The fraction of sp³-hybridized carbons (Fsp3) is 0.438. The number of nitrogens with zero attached hydrogens (tertiary/aromatic N) is 1. The molecule has 1 unspecified atom stereocenters. The summed E-state index contributed by atoms with van der Waals surface area (Å²) >= 11 is 0. The summed E-state index contributed by atoms with van der Waals surface area (Å²) < 4.78 is 11.2. The van der Waals surface area contributed by atoms with Crippen LogP contribution in [0.3, 0.4) is 0 Å². The number of fused-ring (bicyclic) bond motifs is 1. The maximum Gasteiger partial charge on any atom is 0.145 e. The molecule has 106 valence electrons. The van der Waals surface area contributed by atoms with Gasteiger partial charge >= 0.3 is 0 Å². The van der Waals surface area contributed by atoms with Gasteiger partial charge in [0.2, 0.25) is 0 Å². The van der Waals surface area contributed by atoms with Crippen LogP contribution >= 0.6 is 0 Å². The van der Waals surface area contributed by atoms with Gasteiger partial charge in [0.1, 0.15) is 17.9 Å². The molecule has 0 aliphatic carbocycles. The third-order valence-corrected chi connectivity index (χ3v) is 3.59. The van der Waals surface area contributed by atoms with E-state index in [0.717, 1.165) is 43.0 Å². The molecule has 1 saturated heterocycles. The fourth-order valence-electron chi connectivity index (χ4n) is 2.48. The first-order chi connectivity index (χ1) is 9.93. The minimum atomic E-state index is 0.656. The second kappa shape index (κ2) is 6.68. The summed E-state index contributed by atoms with van der Waals surface area (Å²) in [5, 5.41) is 4.53. The van der Waals surface area contributed by atoms with Crippen molar-refractivity contribution in [2.75, 3.05) is 32.9 Å². The molecule has 1 aromatic heterocycles. The number of benzene rings is 1. The van der Waals surface area contributed by atoms with Crippen LogP contribution in [0.1, 0.15) is 6.42 Å². The molecule has 1 aromatic carbocycles. The molecule has 3 rings (SSSR count). The van der Waals surface area contributed by atoms with E-state index >= 15 is 0 Å². The van der Waals surface area contributed by atoms with Crippen LogP contribution in [-0.4, -0.2) is 37.9 Å². The molecule has 0 amide bonds. The Hall–Kier alpha value is -1.65. The van der Waals surface area contributed by atoms with E-state index in [-0.39, 0.29) is 0 Å². The maximum absolute atomic E-state index is 5.83. The number of ether oxygens (including phenoxy) is 2. The highest BCUT2D eigenvalue weighted by molar-refractivity contribution is 5.84. The first-order valence-electron chi connectivity index (χ1n) is 7.18. The monoisotopic (exact) mass is 272 g/mol. The molecule has 2 heterocycles. The predicted molar refractivity (Wildman–Crippen MR) is 79.0 cm³/mol. The Morgan fingerprint density at radius 3 is 3.15 bits per heavy atom. The Balaban J connectivity index is 1.47. The van der Waals surface area contributed by atoms with Gasteiger partial charge in [-0.1, -0.05) is 18.2 Å². The summed E-state index contributed by atoms with van der Waals surface area (Å²) in [6.07, 6.45) is 2.97. The number of hydrogen-bond donors (Lipinski definition) is 1. The van der Waals surface area contributed by atoms with Crippen LogP contribution in [-0.2, 0) is 4.74 Å². The Labute approximate surface area is 119 Å². The molecule has 4 nitrogen and oxygen atoms in total. The van der Waals surface area contributed by atoms with Gasteiger partial charge in [-0.05, 0) is 24.5 Å². The van der Waals surface area contributed by atoms with Crippen LogP contribution in [0.5, 0.6) is 5.75 Å². The minimum Gasteiger partial charge on any atom is -0.490 e. The molecule has 0 bridgehead atoms. The van der Waals surface area contributed by atoms with E-state index in [1.54, 1.807) is 6.20 Å². The number of pyridine rings is 1. The van der Waals surface area contributed by atoms with Gasteiger partial charge in [-0.25, -0.2) is 0 Å². The summed E-state index contributed by atoms with van der Waals surface area (Å²) in [6, 6.07) is 10.0. The first-order valence-corrected chi connectivity index (χ1v) is 7.18. The molecule has 0 radical (unpaired) electrons. The van der Waals surface area contributed by atoms with Gasteiger partial charge in [0.15, 0.2) is 0 Å². The standard InChI is InChI=1S/C16H20N2O2/c1-3-14-4-2-7-18-16(14)15(5-1)20-10-8-17-11-13-6-9-19-12-13/h1-5,7,13,17H,6,8-12H2. The number of para-hydroxylation sites is 1. The van der Waals surface area contributed by atoms with Crippen molar-refractivity contribution in [1.29, 1.82) is 0 Å². The smallest absolute Gasteiger partial charge is 0.145 e. The van der Waals surface area contributed by atoms with Crippen molar-refractivity contribution in [2.45, 2.75) is 6.42 Å². The van der Waals surface area contributed by atoms with Gasteiger partial charge < -0.3 is 14.8 Å². The SMILES string of the molecule is c1cnc2c(OCCNCC3CCOC3)cccc2c1. The Bertz CT molecular complexity index is 548. The molecule has 1 aliphatic heterocycles. The molecule has 1 fully saturated rings. The quantitative estimate of drug-likeness (QED) is 0.819. The highest BCUT2D eigenvalue weighted by atomic mass is 16.5. The average Bonchev–Trinajstić information content (AvgIpc) is 3.00. The van der Waals surface area contributed by atoms with E-state index < -0.39 is 0 Å². The second-order valence-electron chi connectivity index (χ2n) is 5.11. The topological polar surface area (TPSA) is 43.4 Å². The van der Waals surface area contributed by atoms with Gasteiger partial charge in [0.05, 0.1) is 6.61 Å². The lowest BCUT2D eigenvalue weighted by atomic mass is 10.1. The van der Waals surface area contributed by atoms with Crippen LogP contribution in [0.25, 0.3) is 10.9 Å². The predicted octanol–water partition coefficient (Wildman–Crippen LogP) is 2.24. The van der Waals surface area contributed by atoms with Crippen LogP contribution in [0.4, 0.5) is 0 Å². The number of rotatable bonds is 6. The lowest BCUT2D eigenvalue weighted by Crippen LogP contribution is -2.27. The molecule has 0 saturated carbocycles. The maximum atomic E-state index is 5.83. The van der Waals surface area contributed by atoms with Gasteiger partial charge in [0, 0.05) is 31.3 Å². The highest BCUT2D eigenvalue weighted by Gasteiger charge is 2.14. The normalized spacial score (nSPS) is 18.5. The van der Waals surface area contributed by atoms with Crippen LogP contribution < -0.4 is 10.1 Å². The van der Waals surface area contributed by atoms with Crippen molar-refractivity contribution in [3.63, 3.8) is 0 Å². The zero-order valence-electron chi connectivity index (χ0n) is 11.5. The van der Waals surface area contributed by atoms with E-state index in [4.69, 9.17) is 9.47 Å². The third-order valence-electron chi connectivity index (χ3n) is 3.59. The van der Waals surface area contributed by atoms with E-state index in [1.165, 1.54) is 6.42 Å². The highest BCUT2D eigenvalue weighted by Crippen LogP contribution is 2.22. The zero-order valence-corrected chi connectivity index (χ0v) is 11.5. The molecular weight excluding hydrogens is 252 g/mol. The first kappa shape index (κ1) is 13.3. The molecule has 0 spiro atoms. The van der Waals surface area contributed by atoms with E-state index in [1.807, 2.05) is 30.3 Å². The molecule has 20 heavy (non-hydrogen) atoms. The molecule has 4 heteroatoms. The fourth-order valence-corrected chi connectivity index (χ4v) is 2.48. The Morgan fingerprint density at radius 1 is 1.30 bits per heavy atom. The Kier molecular flexibility index (Phi) is 4.46. The van der Waals surface area contributed by atoms with Gasteiger partial charge in [-0.3, -0.25) is 4.98 Å². The van der Waals surface area contributed by atoms with Crippen LogP contribution in [0.15, 0.2) is 36.5 Å². The van der Waals surface area contributed by atoms with Crippen LogP contribution in [0.2, 0.25) is 0 Å². The lowest BCUT2D eigenvalue weighted by Gasteiger charge is -2.11. The van der Waals surface area contributed by atoms with Crippen molar-refractivity contribution in [3.05, 3.63) is 36.5 Å². The van der Waals surface area contributed by atoms with Crippen molar-refractivity contribution >= 4 is 10.9 Å². The molecule has 1 aliphatic rings. The summed E-state index contributed by atoms with van der Waals surface area (Å²) in [7, 11) is 0.